The second kappa shape index (κ2) is 27.7. The number of fused-ring (bicyclic) bond motifs is 4. The van der Waals surface area contributed by atoms with Gasteiger partial charge in [-0.25, -0.2) is 29.2 Å². The first-order valence-corrected chi connectivity index (χ1v) is 18.1. The summed E-state index contributed by atoms with van der Waals surface area (Å²) in [6.45, 7) is 2.98. The Bertz CT molecular complexity index is 1540. The minimum absolute atomic E-state index is 0.415. The van der Waals surface area contributed by atoms with Gasteiger partial charge in [0.05, 0.1) is 20.2 Å². The highest BCUT2D eigenvalue weighted by atomic mass is 16.7. The third-order valence-electron chi connectivity index (χ3n) is 8.34. The lowest BCUT2D eigenvalue weighted by Gasteiger charge is -2.35. The fourth-order valence-electron chi connectivity index (χ4n) is 6.36. The zero-order chi connectivity index (χ0) is 46.4. The summed E-state index contributed by atoms with van der Waals surface area (Å²) in [5.74, 6) is -5.23. The van der Waals surface area contributed by atoms with E-state index < -0.39 is 147 Å². The topological polar surface area (TPSA) is 311 Å². The Hall–Kier alpha value is -5.14. The van der Waals surface area contributed by atoms with Gasteiger partial charge in [0.25, 0.3) is 0 Å². The Balaban J connectivity index is 0.000000529. The van der Waals surface area contributed by atoms with Crippen molar-refractivity contribution >= 4 is 53.8 Å². The third kappa shape index (κ3) is 16.3. The number of methoxy groups -OCH3 is 4. The molecule has 0 saturated carbocycles. The van der Waals surface area contributed by atoms with Crippen LogP contribution in [0.25, 0.3) is 0 Å². The Morgan fingerprint density at radius 3 is 0.918 bits per heavy atom. The SMILES string of the molecule is CN=C=NC.CO.COC(=O)COCC(=O)OC1C(OC(C)=O)C2O[C@@H]1[C@@H](OC)C2OC(C)=O.COC(=O)COCC(=O)OC1C2O[C@@H](C1OC(C)=O)[C@@H](OC)C2OC(C)=O. The molecule has 0 amide bonds. The van der Waals surface area contributed by atoms with Crippen LogP contribution in [0.5, 0.6) is 0 Å². The third-order valence-corrected chi connectivity index (χ3v) is 8.34. The minimum atomic E-state index is -1.02. The van der Waals surface area contributed by atoms with E-state index in [1.54, 1.807) is 14.1 Å². The van der Waals surface area contributed by atoms with Gasteiger partial charge in [0, 0.05) is 63.1 Å². The van der Waals surface area contributed by atoms with Crippen LogP contribution in [0.1, 0.15) is 27.7 Å². The minimum Gasteiger partial charge on any atom is -0.467 e. The van der Waals surface area contributed by atoms with Crippen molar-refractivity contribution < 1.29 is 110 Å². The van der Waals surface area contributed by atoms with Crippen LogP contribution in [0.3, 0.4) is 0 Å². The molecule has 4 bridgehead atoms. The molecule has 0 spiro atoms. The standard InChI is InChI=1S/2C16H22O11.C3H6N2.CH4O/c1-7(17)24-12-11(22-4)13-15(14(16(12)27-13)25-8(2)18)26-10(20)6-23-5-9(19)21-3;1-7(17)24-12-11(22-4)13-14(25-8(2)18)15(16(12)27-13)26-10(20)6-23-5-9(19)21-3;1-4-3-5-2;1-2/h2*11-16H,5-6H2,1-4H3;1-2H3;2H,1H3/t2*11-,12?,13+,14?,15?,16?;;/m00../s1. The molecule has 4 aliphatic rings. The highest BCUT2D eigenvalue weighted by Crippen LogP contribution is 2.43. The number of carbonyl (C=O) groups excluding carboxylic acids is 8. The number of aliphatic hydroxyl groups excluding tert-OH is 1. The molecule has 0 aliphatic carbocycles. The van der Waals surface area contributed by atoms with Crippen molar-refractivity contribution in [2.75, 3.05) is 76.1 Å². The summed E-state index contributed by atoms with van der Waals surface area (Å²) in [7, 11) is 9.43. The molecule has 4 heterocycles. The smallest absolute Gasteiger partial charge is 0.332 e. The van der Waals surface area contributed by atoms with Crippen LogP contribution < -0.4 is 0 Å². The van der Waals surface area contributed by atoms with Gasteiger partial charge >= 0.3 is 47.8 Å². The summed E-state index contributed by atoms with van der Waals surface area (Å²) in [6, 6.07) is 2.36. The monoisotopic (exact) mass is 882 g/mol. The van der Waals surface area contributed by atoms with Gasteiger partial charge in [-0.15, -0.1) is 0 Å². The van der Waals surface area contributed by atoms with Crippen LogP contribution in [0, 0.1) is 0 Å². The highest BCUT2D eigenvalue weighted by Gasteiger charge is 2.66. The van der Waals surface area contributed by atoms with Gasteiger partial charge in [-0.3, -0.25) is 19.2 Å². The molecule has 4 rings (SSSR count). The van der Waals surface area contributed by atoms with Crippen LogP contribution in [-0.4, -0.2) is 208 Å². The molecular formula is C36H54N2O23. The molecule has 0 radical (unpaired) electrons. The largest absolute Gasteiger partial charge is 0.467 e. The number of aliphatic hydroxyl groups is 1. The number of rotatable bonds is 16. The number of hydrogen-bond acceptors (Lipinski definition) is 25. The van der Waals surface area contributed by atoms with Gasteiger partial charge in [-0.1, -0.05) is 0 Å². The first-order chi connectivity index (χ1) is 29.0. The van der Waals surface area contributed by atoms with Crippen LogP contribution in [0.15, 0.2) is 9.98 Å². The zero-order valence-electron chi connectivity index (χ0n) is 35.6. The fraction of sp³-hybridized carbons (Fsp3) is 0.750. The van der Waals surface area contributed by atoms with Gasteiger partial charge in [-0.2, -0.15) is 0 Å². The number of esters is 8. The first kappa shape index (κ1) is 53.9. The van der Waals surface area contributed by atoms with Crippen molar-refractivity contribution in [1.82, 2.24) is 0 Å². The zero-order valence-corrected chi connectivity index (χ0v) is 35.6. The van der Waals surface area contributed by atoms with E-state index >= 15 is 0 Å². The van der Waals surface area contributed by atoms with Crippen molar-refractivity contribution in [1.29, 1.82) is 0 Å². The van der Waals surface area contributed by atoms with Gasteiger partial charge < -0.3 is 71.4 Å². The summed E-state index contributed by atoms with van der Waals surface area (Å²) < 4.78 is 72.1. The maximum Gasteiger partial charge on any atom is 0.332 e. The van der Waals surface area contributed by atoms with Crippen molar-refractivity contribution in [2.24, 2.45) is 9.98 Å². The van der Waals surface area contributed by atoms with E-state index in [2.05, 4.69) is 25.5 Å². The predicted octanol–water partition coefficient (Wildman–Crippen LogP) is -2.48. The molecular weight excluding hydrogens is 828 g/mol. The number of aliphatic imine (C=N–C) groups is 2. The van der Waals surface area contributed by atoms with E-state index in [-0.39, 0.29) is 0 Å². The van der Waals surface area contributed by atoms with E-state index in [9.17, 15) is 38.4 Å². The molecule has 4 aliphatic heterocycles. The quantitative estimate of drug-likeness (QED) is 0.0953. The van der Waals surface area contributed by atoms with Crippen LogP contribution >= 0.6 is 0 Å². The fourth-order valence-corrected chi connectivity index (χ4v) is 6.36. The van der Waals surface area contributed by atoms with Crippen molar-refractivity contribution in [2.45, 2.75) is 101 Å². The second-order valence-electron chi connectivity index (χ2n) is 12.4. The maximum absolute atomic E-state index is 12.0. The maximum atomic E-state index is 12.0. The van der Waals surface area contributed by atoms with E-state index in [4.69, 9.17) is 61.9 Å². The predicted molar refractivity (Wildman–Crippen MR) is 196 cm³/mol. The number of hydrogen-bond donors (Lipinski definition) is 1. The molecule has 4 fully saturated rings. The molecule has 0 aromatic heterocycles. The summed E-state index contributed by atoms with van der Waals surface area (Å²) in [6.07, 6.45) is -10.3. The van der Waals surface area contributed by atoms with Gasteiger partial charge in [0.15, 0.2) is 36.6 Å². The van der Waals surface area contributed by atoms with Crippen LogP contribution in [-0.2, 0) is 105 Å². The van der Waals surface area contributed by atoms with E-state index in [0.29, 0.717) is 0 Å². The molecule has 8 unspecified atom stereocenters. The molecule has 25 heteroatoms. The van der Waals surface area contributed by atoms with Gasteiger partial charge in [0.1, 0.15) is 63.1 Å². The molecule has 61 heavy (non-hydrogen) atoms. The summed E-state index contributed by atoms with van der Waals surface area (Å²) >= 11 is 0. The molecule has 346 valence electrons. The molecule has 0 aromatic carbocycles. The average molecular weight is 883 g/mol. The lowest BCUT2D eigenvalue weighted by molar-refractivity contribution is -0.186. The first-order valence-electron chi connectivity index (χ1n) is 18.1. The molecule has 4 saturated heterocycles. The summed E-state index contributed by atoms with van der Waals surface area (Å²) in [5, 5.41) is 7.00. The van der Waals surface area contributed by atoms with E-state index in [1.807, 2.05) is 0 Å². The summed E-state index contributed by atoms with van der Waals surface area (Å²) in [5.41, 5.74) is 0. The van der Waals surface area contributed by atoms with Gasteiger partial charge in [0.2, 0.25) is 0 Å². The Morgan fingerprint density at radius 1 is 0.443 bits per heavy atom. The Morgan fingerprint density at radius 2 is 0.689 bits per heavy atom. The Kier molecular flexibility index (Phi) is 24.4. The molecule has 0 aromatic rings. The lowest BCUT2D eigenvalue weighted by Crippen LogP contribution is -2.57. The van der Waals surface area contributed by atoms with Crippen molar-refractivity contribution in [3.63, 3.8) is 0 Å². The van der Waals surface area contributed by atoms with Crippen molar-refractivity contribution in [3.05, 3.63) is 0 Å². The van der Waals surface area contributed by atoms with E-state index in [0.717, 1.165) is 7.11 Å². The highest BCUT2D eigenvalue weighted by molar-refractivity contribution is 5.74. The molecule has 1 N–H and O–H groups in total. The Labute approximate surface area is 350 Å². The number of carbonyl (C=O) groups is 8. The molecule has 12 atom stereocenters. The van der Waals surface area contributed by atoms with Crippen molar-refractivity contribution in [3.8, 4) is 0 Å². The van der Waals surface area contributed by atoms with E-state index in [1.165, 1.54) is 56.1 Å². The normalized spacial score (nSPS) is 28.2. The number of ether oxygens (including phenoxy) is 14. The second-order valence-corrected chi connectivity index (χ2v) is 12.4. The molecule has 25 nitrogen and oxygen atoms in total. The average Bonchev–Trinajstić information content (AvgIpc) is 3.93. The lowest BCUT2D eigenvalue weighted by atomic mass is 9.89. The van der Waals surface area contributed by atoms with Crippen LogP contribution in [0.4, 0.5) is 0 Å². The van der Waals surface area contributed by atoms with Gasteiger partial charge in [-0.05, 0) is 0 Å². The van der Waals surface area contributed by atoms with Crippen LogP contribution in [0.2, 0.25) is 0 Å². The summed E-state index contributed by atoms with van der Waals surface area (Å²) in [4.78, 5) is 98.5. The number of nitrogens with zero attached hydrogens (tertiary/aromatic N) is 2.